The molecule has 0 aliphatic carbocycles. The molecule has 0 saturated carbocycles. The van der Waals surface area contributed by atoms with Crippen molar-refractivity contribution in [3.63, 3.8) is 0 Å². The van der Waals surface area contributed by atoms with Crippen molar-refractivity contribution < 1.29 is 9.18 Å². The van der Waals surface area contributed by atoms with Gasteiger partial charge in [0.2, 0.25) is 5.78 Å². The predicted molar refractivity (Wildman–Crippen MR) is 51.9 cm³/mol. The quantitative estimate of drug-likeness (QED) is 0.698. The van der Waals surface area contributed by atoms with E-state index >= 15 is 0 Å². The van der Waals surface area contributed by atoms with Crippen LogP contribution in [0.4, 0.5) is 4.39 Å². The average molecular weight is 202 g/mol. The summed E-state index contributed by atoms with van der Waals surface area (Å²) >= 11 is 0. The van der Waals surface area contributed by atoms with Crippen molar-refractivity contribution in [1.29, 1.82) is 0 Å². The smallest absolute Gasteiger partial charge is 0.212 e. The highest BCUT2D eigenvalue weighted by molar-refractivity contribution is 6.07. The molecule has 74 valence electrons. The third-order valence-corrected chi connectivity index (χ3v) is 1.88. The zero-order valence-corrected chi connectivity index (χ0v) is 7.72. The van der Waals surface area contributed by atoms with E-state index in [0.29, 0.717) is 5.56 Å². The first-order valence-corrected chi connectivity index (χ1v) is 4.33. The molecule has 2 rings (SSSR count). The molecule has 2 heterocycles. The fourth-order valence-electron chi connectivity index (χ4n) is 1.16. The van der Waals surface area contributed by atoms with Crippen molar-refractivity contribution in [3.05, 3.63) is 59.9 Å². The second-order valence-corrected chi connectivity index (χ2v) is 2.93. The molecule has 2 aromatic rings. The van der Waals surface area contributed by atoms with Gasteiger partial charge in [0, 0.05) is 18.0 Å². The van der Waals surface area contributed by atoms with Crippen molar-refractivity contribution in [2.45, 2.75) is 0 Å². The van der Waals surface area contributed by atoms with E-state index in [1.54, 1.807) is 18.3 Å². The van der Waals surface area contributed by atoms with E-state index in [0.717, 1.165) is 6.20 Å². The SMILES string of the molecule is O=C(c1cccnc1)c1ccc(F)cn1. The Balaban J connectivity index is 2.33. The van der Waals surface area contributed by atoms with E-state index in [-0.39, 0.29) is 11.5 Å². The lowest BCUT2D eigenvalue weighted by Gasteiger charge is -1.98. The van der Waals surface area contributed by atoms with Gasteiger partial charge < -0.3 is 0 Å². The van der Waals surface area contributed by atoms with Crippen LogP contribution in [0, 0.1) is 5.82 Å². The summed E-state index contributed by atoms with van der Waals surface area (Å²) in [6.45, 7) is 0. The Morgan fingerprint density at radius 1 is 1.20 bits per heavy atom. The molecule has 0 saturated heterocycles. The van der Waals surface area contributed by atoms with Gasteiger partial charge in [-0.05, 0) is 24.3 Å². The molecular formula is C11H7FN2O. The van der Waals surface area contributed by atoms with Crippen LogP contribution in [0.15, 0.2) is 42.9 Å². The number of pyridine rings is 2. The molecule has 0 aliphatic rings. The molecule has 0 N–H and O–H groups in total. The molecule has 0 spiro atoms. The summed E-state index contributed by atoms with van der Waals surface area (Å²) in [6.07, 6.45) is 4.05. The molecule has 0 radical (unpaired) electrons. The van der Waals surface area contributed by atoms with Gasteiger partial charge in [-0.25, -0.2) is 9.37 Å². The van der Waals surface area contributed by atoms with Crippen LogP contribution in [-0.2, 0) is 0 Å². The third kappa shape index (κ3) is 2.04. The summed E-state index contributed by atoms with van der Waals surface area (Å²) in [7, 11) is 0. The van der Waals surface area contributed by atoms with Gasteiger partial charge in [0.05, 0.1) is 6.20 Å². The Kier molecular flexibility index (Phi) is 2.49. The normalized spacial score (nSPS) is 9.93. The molecule has 4 heteroatoms. The van der Waals surface area contributed by atoms with Crippen molar-refractivity contribution in [3.8, 4) is 0 Å². The van der Waals surface area contributed by atoms with E-state index in [1.165, 1.54) is 18.3 Å². The number of nitrogens with zero attached hydrogens (tertiary/aromatic N) is 2. The molecule has 3 nitrogen and oxygen atoms in total. The molecule has 0 aliphatic heterocycles. The Morgan fingerprint density at radius 3 is 2.67 bits per heavy atom. The fraction of sp³-hybridized carbons (Fsp3) is 0. The van der Waals surface area contributed by atoms with Crippen LogP contribution in [-0.4, -0.2) is 15.8 Å². The predicted octanol–water partition coefficient (Wildman–Crippen LogP) is 1.85. The number of carbonyl (C=O) groups excluding carboxylic acids is 1. The molecule has 2 aromatic heterocycles. The van der Waals surface area contributed by atoms with Crippen LogP contribution >= 0.6 is 0 Å². The van der Waals surface area contributed by atoms with E-state index in [9.17, 15) is 9.18 Å². The fourth-order valence-corrected chi connectivity index (χ4v) is 1.16. The Bertz CT molecular complexity index is 468. The maximum absolute atomic E-state index is 12.6. The molecule has 0 unspecified atom stereocenters. The summed E-state index contributed by atoms with van der Waals surface area (Å²) in [6, 6.07) is 5.86. The van der Waals surface area contributed by atoms with Crippen molar-refractivity contribution in [1.82, 2.24) is 9.97 Å². The van der Waals surface area contributed by atoms with Crippen LogP contribution in [0.3, 0.4) is 0 Å². The van der Waals surface area contributed by atoms with Gasteiger partial charge >= 0.3 is 0 Å². The Labute approximate surface area is 85.6 Å². The van der Waals surface area contributed by atoms with Crippen LogP contribution < -0.4 is 0 Å². The Morgan fingerprint density at radius 2 is 2.07 bits per heavy atom. The lowest BCUT2D eigenvalue weighted by atomic mass is 10.1. The van der Waals surface area contributed by atoms with Gasteiger partial charge in [-0.3, -0.25) is 9.78 Å². The minimum Gasteiger partial charge on any atom is -0.287 e. The topological polar surface area (TPSA) is 42.9 Å². The third-order valence-electron chi connectivity index (χ3n) is 1.88. The highest BCUT2D eigenvalue weighted by Gasteiger charge is 2.09. The second kappa shape index (κ2) is 3.96. The standard InChI is InChI=1S/C11H7FN2O/c12-9-3-4-10(14-7-9)11(15)8-2-1-5-13-6-8/h1-7H. The monoisotopic (exact) mass is 202 g/mol. The summed E-state index contributed by atoms with van der Waals surface area (Å²) in [5, 5.41) is 0. The first kappa shape index (κ1) is 9.45. The minimum absolute atomic E-state index is 0.212. The van der Waals surface area contributed by atoms with E-state index in [4.69, 9.17) is 0 Å². The molecule has 0 amide bonds. The highest BCUT2D eigenvalue weighted by atomic mass is 19.1. The lowest BCUT2D eigenvalue weighted by molar-refractivity contribution is 0.103. The maximum atomic E-state index is 12.6. The van der Waals surface area contributed by atoms with Gasteiger partial charge in [0.15, 0.2) is 0 Å². The van der Waals surface area contributed by atoms with Crippen LogP contribution in [0.2, 0.25) is 0 Å². The molecule has 15 heavy (non-hydrogen) atoms. The van der Waals surface area contributed by atoms with E-state index < -0.39 is 5.82 Å². The molecule has 0 atom stereocenters. The molecule has 0 aromatic carbocycles. The van der Waals surface area contributed by atoms with Crippen LogP contribution in [0.25, 0.3) is 0 Å². The number of aromatic nitrogens is 2. The summed E-state index contributed by atoms with van der Waals surface area (Å²) < 4.78 is 12.6. The number of hydrogen-bond donors (Lipinski definition) is 0. The molecular weight excluding hydrogens is 195 g/mol. The Hall–Kier alpha value is -2.10. The summed E-state index contributed by atoms with van der Waals surface area (Å²) in [5.41, 5.74) is 0.654. The maximum Gasteiger partial charge on any atom is 0.212 e. The number of carbonyl (C=O) groups is 1. The van der Waals surface area contributed by atoms with Crippen molar-refractivity contribution >= 4 is 5.78 Å². The zero-order valence-electron chi connectivity index (χ0n) is 7.72. The van der Waals surface area contributed by atoms with E-state index in [1.807, 2.05) is 0 Å². The first-order chi connectivity index (χ1) is 7.27. The van der Waals surface area contributed by atoms with Gasteiger partial charge in [0.25, 0.3) is 0 Å². The zero-order chi connectivity index (χ0) is 10.7. The number of ketones is 1. The first-order valence-electron chi connectivity index (χ1n) is 4.33. The largest absolute Gasteiger partial charge is 0.287 e. The van der Waals surface area contributed by atoms with Gasteiger partial charge in [-0.15, -0.1) is 0 Å². The number of halogens is 1. The number of rotatable bonds is 2. The van der Waals surface area contributed by atoms with Gasteiger partial charge in [-0.2, -0.15) is 0 Å². The summed E-state index contributed by atoms with van der Waals surface area (Å²) in [4.78, 5) is 19.3. The van der Waals surface area contributed by atoms with Crippen molar-refractivity contribution in [2.24, 2.45) is 0 Å². The second-order valence-electron chi connectivity index (χ2n) is 2.93. The summed E-state index contributed by atoms with van der Waals surface area (Å²) in [5.74, 6) is -0.721. The lowest BCUT2D eigenvalue weighted by Crippen LogP contribution is -2.04. The van der Waals surface area contributed by atoms with Crippen LogP contribution in [0.5, 0.6) is 0 Å². The number of hydrogen-bond acceptors (Lipinski definition) is 3. The van der Waals surface area contributed by atoms with Crippen LogP contribution in [0.1, 0.15) is 16.1 Å². The van der Waals surface area contributed by atoms with Crippen molar-refractivity contribution in [2.75, 3.05) is 0 Å². The van der Waals surface area contributed by atoms with Gasteiger partial charge in [-0.1, -0.05) is 0 Å². The average Bonchev–Trinajstić information content (AvgIpc) is 2.30. The van der Waals surface area contributed by atoms with E-state index in [2.05, 4.69) is 9.97 Å². The molecule has 0 bridgehead atoms. The van der Waals surface area contributed by atoms with Gasteiger partial charge in [0.1, 0.15) is 11.5 Å². The highest BCUT2D eigenvalue weighted by Crippen LogP contribution is 2.06. The minimum atomic E-state index is -0.460. The molecule has 0 fully saturated rings.